The predicted molar refractivity (Wildman–Crippen MR) is 151 cm³/mol. The Morgan fingerprint density at radius 1 is 1.31 bits per heavy atom. The van der Waals surface area contributed by atoms with Crippen molar-refractivity contribution in [1.29, 1.82) is 0 Å². The summed E-state index contributed by atoms with van der Waals surface area (Å²) in [6, 6.07) is 9.07. The Labute approximate surface area is 230 Å². The van der Waals surface area contributed by atoms with Crippen molar-refractivity contribution in [2.75, 3.05) is 31.6 Å². The second-order valence-corrected chi connectivity index (χ2v) is 10.5. The maximum atomic E-state index is 13.2. The minimum absolute atomic E-state index is 0.298. The molecule has 3 unspecified atom stereocenters. The number of urea groups is 1. The number of fused-ring (bicyclic) bond motifs is 1. The van der Waals surface area contributed by atoms with E-state index in [0.717, 1.165) is 21.5 Å². The van der Waals surface area contributed by atoms with E-state index in [2.05, 4.69) is 25.9 Å². The van der Waals surface area contributed by atoms with Gasteiger partial charge >= 0.3 is 12.0 Å². The molecule has 5 rings (SSSR count). The molecular formula is C27H31N7O4S. The van der Waals surface area contributed by atoms with E-state index in [4.69, 9.17) is 9.73 Å². The lowest BCUT2D eigenvalue weighted by atomic mass is 9.68. The molecule has 4 N–H and O–H groups in total. The summed E-state index contributed by atoms with van der Waals surface area (Å²) in [5, 5.41) is 19.6. The fourth-order valence-electron chi connectivity index (χ4n) is 5.42. The molecule has 1 fully saturated rings. The molecule has 12 heteroatoms. The molecule has 3 atom stereocenters. The van der Waals surface area contributed by atoms with Gasteiger partial charge in [0.2, 0.25) is 5.79 Å². The molecule has 2 aromatic heterocycles. The minimum Gasteiger partial charge on any atom is -0.482 e. The highest BCUT2D eigenvalue weighted by atomic mass is 32.1. The Balaban J connectivity index is 1.77. The number of benzene rings is 1. The van der Waals surface area contributed by atoms with Gasteiger partial charge in [-0.3, -0.25) is 20.0 Å². The van der Waals surface area contributed by atoms with Crippen molar-refractivity contribution in [1.82, 2.24) is 25.9 Å². The molecule has 0 saturated carbocycles. The van der Waals surface area contributed by atoms with Crippen molar-refractivity contribution in [3.05, 3.63) is 54.0 Å². The van der Waals surface area contributed by atoms with Crippen LogP contribution in [-0.2, 0) is 9.53 Å². The maximum absolute atomic E-state index is 13.2. The number of nitrogens with one attached hydrogen (secondary N) is 3. The third kappa shape index (κ3) is 4.59. The van der Waals surface area contributed by atoms with Crippen LogP contribution in [0.25, 0.3) is 21.5 Å². The second kappa shape index (κ2) is 10.6. The first-order valence-corrected chi connectivity index (χ1v) is 13.6. The molecule has 2 aliphatic rings. The molecular weight excluding hydrogens is 518 g/mol. The number of piperidine rings is 1. The van der Waals surface area contributed by atoms with E-state index in [1.165, 1.54) is 18.4 Å². The Morgan fingerprint density at radius 3 is 2.87 bits per heavy atom. The van der Waals surface area contributed by atoms with Crippen LogP contribution in [0.5, 0.6) is 0 Å². The summed E-state index contributed by atoms with van der Waals surface area (Å²) in [5.74, 6) is -2.82. The van der Waals surface area contributed by atoms with Crippen molar-refractivity contribution < 1.29 is 19.4 Å². The van der Waals surface area contributed by atoms with Crippen LogP contribution in [0.4, 0.5) is 10.5 Å². The number of anilines is 1. The number of rotatable bonds is 7. The van der Waals surface area contributed by atoms with Crippen LogP contribution in [-0.4, -0.2) is 65.8 Å². The van der Waals surface area contributed by atoms with Crippen molar-refractivity contribution >= 4 is 45.5 Å². The van der Waals surface area contributed by atoms with Gasteiger partial charge in [0.25, 0.3) is 0 Å². The van der Waals surface area contributed by atoms with Gasteiger partial charge in [-0.25, -0.2) is 14.8 Å². The van der Waals surface area contributed by atoms with Crippen molar-refractivity contribution in [2.24, 2.45) is 16.3 Å². The zero-order valence-electron chi connectivity index (χ0n) is 22.0. The average molecular weight is 550 g/mol. The van der Waals surface area contributed by atoms with Crippen LogP contribution < -0.4 is 20.9 Å². The molecule has 0 radical (unpaired) electrons. The van der Waals surface area contributed by atoms with E-state index in [0.29, 0.717) is 37.6 Å². The first-order valence-electron chi connectivity index (χ1n) is 12.7. The second-order valence-electron chi connectivity index (χ2n) is 9.67. The molecule has 2 amide bonds. The van der Waals surface area contributed by atoms with Gasteiger partial charge in [0.15, 0.2) is 5.88 Å². The molecule has 11 nitrogen and oxygen atoms in total. The van der Waals surface area contributed by atoms with Crippen molar-refractivity contribution in [3.63, 3.8) is 0 Å². The summed E-state index contributed by atoms with van der Waals surface area (Å²) in [7, 11) is 1.53. The number of ether oxygens (including phenoxy) is 1. The zero-order valence-corrected chi connectivity index (χ0v) is 22.8. The quantitative estimate of drug-likeness (QED) is 0.351. The number of carbonyl (C=O) groups excluding carboxylic acids is 1. The molecule has 0 spiro atoms. The molecule has 4 heterocycles. The van der Waals surface area contributed by atoms with E-state index in [1.54, 1.807) is 35.8 Å². The molecule has 3 aromatic rings. The third-order valence-corrected chi connectivity index (χ3v) is 8.30. The van der Waals surface area contributed by atoms with Gasteiger partial charge in [0.05, 0.1) is 45.6 Å². The number of carboxylic acid groups (broad SMARTS) is 1. The summed E-state index contributed by atoms with van der Waals surface area (Å²) < 4.78 is 6.79. The summed E-state index contributed by atoms with van der Waals surface area (Å²) in [6.45, 7) is 4.73. The summed E-state index contributed by atoms with van der Waals surface area (Å²) in [6.07, 6.45) is 5.33. The van der Waals surface area contributed by atoms with Gasteiger partial charge in [0, 0.05) is 37.1 Å². The largest absolute Gasteiger partial charge is 0.482 e. The van der Waals surface area contributed by atoms with Crippen molar-refractivity contribution in [3.8, 4) is 11.3 Å². The molecule has 1 saturated heterocycles. The van der Waals surface area contributed by atoms with Gasteiger partial charge in [-0.1, -0.05) is 6.07 Å². The number of aliphatic carboxylic acids is 1. The maximum Gasteiger partial charge on any atom is 0.318 e. The number of aromatic nitrogens is 2. The van der Waals surface area contributed by atoms with Gasteiger partial charge in [-0.15, -0.1) is 11.3 Å². The number of thiazole rings is 1. The van der Waals surface area contributed by atoms with Crippen LogP contribution in [0, 0.1) is 11.3 Å². The normalized spacial score (nSPS) is 24.7. The van der Waals surface area contributed by atoms with Crippen LogP contribution in [0.1, 0.15) is 20.3 Å². The fourth-order valence-corrected chi connectivity index (χ4v) is 6.22. The Kier molecular flexibility index (Phi) is 7.23. The first-order chi connectivity index (χ1) is 18.8. The highest BCUT2D eigenvalue weighted by molar-refractivity contribution is 7.17. The first kappa shape index (κ1) is 26.6. The van der Waals surface area contributed by atoms with Gasteiger partial charge in [-0.05, 0) is 51.1 Å². The number of allylic oxidation sites excluding steroid dienone is 1. The number of pyridine rings is 1. The summed E-state index contributed by atoms with van der Waals surface area (Å²) in [4.78, 5) is 41.7. The number of amides is 2. The minimum atomic E-state index is -1.55. The zero-order chi connectivity index (χ0) is 27.6. The predicted octanol–water partition coefficient (Wildman–Crippen LogP) is 3.41. The summed E-state index contributed by atoms with van der Waals surface area (Å²) in [5.41, 5.74) is 3.52. The number of hydrogen-bond donors (Lipinski definition) is 4. The highest BCUT2D eigenvalue weighted by Gasteiger charge is 2.59. The Hall–Kier alpha value is -4.03. The van der Waals surface area contributed by atoms with Gasteiger partial charge < -0.3 is 20.5 Å². The number of methoxy groups -OCH3 is 1. The van der Waals surface area contributed by atoms with E-state index in [9.17, 15) is 14.7 Å². The van der Waals surface area contributed by atoms with Crippen LogP contribution in [0.2, 0.25) is 0 Å². The molecule has 1 aromatic carbocycles. The van der Waals surface area contributed by atoms with Crippen molar-refractivity contribution in [2.45, 2.75) is 26.1 Å². The number of hydrogen-bond acceptors (Lipinski definition) is 9. The molecule has 204 valence electrons. The Bertz CT molecular complexity index is 1440. The van der Waals surface area contributed by atoms with Gasteiger partial charge in [-0.2, -0.15) is 0 Å². The number of nitrogens with zero attached hydrogens (tertiary/aromatic N) is 4. The van der Waals surface area contributed by atoms with Gasteiger partial charge in [0.1, 0.15) is 0 Å². The van der Waals surface area contributed by atoms with Crippen LogP contribution in [0.3, 0.4) is 0 Å². The van der Waals surface area contributed by atoms with E-state index < -0.39 is 29.1 Å². The standard InChI is InChI=1S/C27H31N7O4S/c1-4-29-25(37)33-27(21-15-28-12-9-26(21,2)24(35)36)32-11-8-22(38-3)34(27)17-13-18(19-7-5-6-10-30-19)23-20(14-17)31-16-39-23/h5-8,10-11,13-14,16,21,28H,4,9,12,15H2,1-3H3,(H,35,36)(H2,29,33,37). The molecule has 39 heavy (non-hydrogen) atoms. The lowest BCUT2D eigenvalue weighted by molar-refractivity contribution is -0.155. The number of carbonyl (C=O) groups is 2. The highest BCUT2D eigenvalue weighted by Crippen LogP contribution is 2.47. The molecule has 0 aliphatic carbocycles. The average Bonchev–Trinajstić information content (AvgIpc) is 3.42. The molecule has 2 aliphatic heterocycles. The third-order valence-electron chi connectivity index (χ3n) is 7.42. The number of carboxylic acids is 1. The lowest BCUT2D eigenvalue weighted by Gasteiger charge is -2.53. The smallest absolute Gasteiger partial charge is 0.318 e. The monoisotopic (exact) mass is 549 g/mol. The van der Waals surface area contributed by atoms with E-state index >= 15 is 0 Å². The Morgan fingerprint density at radius 2 is 2.15 bits per heavy atom. The van der Waals surface area contributed by atoms with Crippen LogP contribution in [0.15, 0.2) is 59.0 Å². The number of aliphatic imine (C=N–C) groups is 1. The molecule has 0 bridgehead atoms. The fraction of sp³-hybridized carbons (Fsp3) is 0.370. The topological polar surface area (TPSA) is 141 Å². The summed E-state index contributed by atoms with van der Waals surface area (Å²) >= 11 is 1.51. The van der Waals surface area contributed by atoms with E-state index in [-0.39, 0.29) is 0 Å². The van der Waals surface area contributed by atoms with E-state index in [1.807, 2.05) is 37.3 Å². The SMILES string of the molecule is CCNC(=O)NC1(C2CNCCC2(C)C(=O)O)N=CC=C(OC)N1c1cc(-c2ccccn2)c2scnc2c1. The van der Waals surface area contributed by atoms with Crippen LogP contribution >= 0.6 is 11.3 Å². The lowest BCUT2D eigenvalue weighted by Crippen LogP contribution is -2.72.